The Morgan fingerprint density at radius 2 is 1.69 bits per heavy atom. The van der Waals surface area contributed by atoms with Crippen LogP contribution in [0.25, 0.3) is 33.2 Å². The van der Waals surface area contributed by atoms with Crippen LogP contribution in [0.3, 0.4) is 0 Å². The van der Waals surface area contributed by atoms with E-state index in [2.05, 4.69) is 29.2 Å². The molecule has 0 atom stereocenters. The molecule has 164 valence electrons. The maximum atomic E-state index is 9.03. The number of rotatable bonds is 4. The van der Waals surface area contributed by atoms with E-state index in [0.717, 1.165) is 90.1 Å². The number of aromatic nitrogens is 1. The Kier molecular flexibility index (Phi) is 4.62. The van der Waals surface area contributed by atoms with Crippen molar-refractivity contribution in [1.29, 1.82) is 0 Å². The average Bonchev–Trinajstić information content (AvgIpc) is 3.28. The summed E-state index contributed by atoms with van der Waals surface area (Å²) in [6.07, 6.45) is 11.0. The highest BCUT2D eigenvalue weighted by Gasteiger charge is 2.19. The predicted molar refractivity (Wildman–Crippen MR) is 133 cm³/mol. The van der Waals surface area contributed by atoms with Gasteiger partial charge in [0.1, 0.15) is 11.2 Å². The monoisotopic (exact) mass is 426 g/mol. The molecule has 0 radical (unpaired) electrons. The molecule has 6 rings (SSSR count). The molecule has 2 nitrogen and oxygen atoms in total. The van der Waals surface area contributed by atoms with Crippen molar-refractivity contribution in [1.82, 2.24) is 4.98 Å². The molecule has 32 heavy (non-hydrogen) atoms. The quantitative estimate of drug-likeness (QED) is 0.326. The van der Waals surface area contributed by atoms with Gasteiger partial charge in [0.15, 0.2) is 0 Å². The zero-order chi connectivity index (χ0) is 24.0. The summed E-state index contributed by atoms with van der Waals surface area (Å²) in [6.45, 7) is 0. The van der Waals surface area contributed by atoms with E-state index in [9.17, 15) is 0 Å². The Balaban J connectivity index is 1.42. The lowest BCUT2D eigenvalue weighted by Gasteiger charge is -2.21. The maximum Gasteiger partial charge on any atom is 0.144 e. The predicted octanol–water partition coefficient (Wildman–Crippen LogP) is 8.82. The lowest BCUT2D eigenvalue weighted by atomic mass is 9.84. The van der Waals surface area contributed by atoms with Crippen molar-refractivity contribution in [2.75, 3.05) is 0 Å². The molecular formula is C30H33NO. The van der Waals surface area contributed by atoms with Crippen LogP contribution in [-0.4, -0.2) is 4.98 Å². The van der Waals surface area contributed by atoms with Crippen LogP contribution in [0.5, 0.6) is 0 Å². The Morgan fingerprint density at radius 3 is 2.53 bits per heavy atom. The van der Waals surface area contributed by atoms with Crippen LogP contribution in [0, 0.1) is 5.92 Å². The van der Waals surface area contributed by atoms with Gasteiger partial charge in [-0.05, 0) is 66.4 Å². The number of furan rings is 1. The molecule has 0 saturated heterocycles. The highest BCUT2D eigenvalue weighted by Crippen LogP contribution is 2.39. The minimum atomic E-state index is -1.36. The minimum absolute atomic E-state index is 0.0592. The third-order valence-corrected chi connectivity index (χ3v) is 7.38. The maximum absolute atomic E-state index is 9.03. The molecule has 0 spiro atoms. The van der Waals surface area contributed by atoms with Crippen LogP contribution < -0.4 is 0 Å². The van der Waals surface area contributed by atoms with Gasteiger partial charge in [0.25, 0.3) is 0 Å². The first-order valence-electron chi connectivity index (χ1n) is 13.9. The van der Waals surface area contributed by atoms with Crippen molar-refractivity contribution in [3.63, 3.8) is 0 Å². The third kappa shape index (κ3) is 3.85. The van der Waals surface area contributed by atoms with Gasteiger partial charge in [0, 0.05) is 26.6 Å². The van der Waals surface area contributed by atoms with Crippen LogP contribution in [-0.2, 0) is 6.37 Å². The summed E-state index contributed by atoms with van der Waals surface area (Å²) in [5, 5.41) is 2.09. The molecule has 0 N–H and O–H groups in total. The summed E-state index contributed by atoms with van der Waals surface area (Å²) in [6, 6.07) is 16.2. The van der Waals surface area contributed by atoms with Crippen LogP contribution in [0.2, 0.25) is 0 Å². The van der Waals surface area contributed by atoms with E-state index in [1.165, 1.54) is 12.8 Å². The number of fused-ring (bicyclic) bond motifs is 3. The first-order chi connectivity index (χ1) is 17.0. The molecule has 0 bridgehead atoms. The van der Waals surface area contributed by atoms with Gasteiger partial charge in [-0.15, -0.1) is 0 Å². The number of pyridine rings is 1. The molecule has 2 heterocycles. The molecule has 2 aromatic heterocycles. The fourth-order valence-electron chi connectivity index (χ4n) is 5.64. The molecule has 2 aliphatic rings. The fourth-order valence-corrected chi connectivity index (χ4v) is 5.64. The molecule has 0 unspecified atom stereocenters. The van der Waals surface area contributed by atoms with E-state index >= 15 is 0 Å². The molecule has 2 heteroatoms. The van der Waals surface area contributed by atoms with Gasteiger partial charge in [-0.1, -0.05) is 75.6 Å². The van der Waals surface area contributed by atoms with Gasteiger partial charge in [0.2, 0.25) is 0 Å². The first kappa shape index (κ1) is 16.9. The van der Waals surface area contributed by atoms with E-state index in [0.29, 0.717) is 5.56 Å². The average molecular weight is 427 g/mol. The smallest absolute Gasteiger partial charge is 0.144 e. The van der Waals surface area contributed by atoms with Crippen molar-refractivity contribution in [2.45, 2.75) is 76.5 Å². The van der Waals surface area contributed by atoms with E-state index in [-0.39, 0.29) is 5.92 Å². The summed E-state index contributed by atoms with van der Waals surface area (Å²) >= 11 is 0. The zero-order valence-electron chi connectivity index (χ0n) is 21.7. The van der Waals surface area contributed by atoms with Crippen LogP contribution in [0.4, 0.5) is 0 Å². The molecule has 0 amide bonds. The van der Waals surface area contributed by atoms with Crippen LogP contribution in [0.15, 0.2) is 59.1 Å². The van der Waals surface area contributed by atoms with Crippen molar-refractivity contribution in [3.8, 4) is 11.3 Å². The largest absolute Gasteiger partial charge is 0.455 e. The van der Waals surface area contributed by atoms with Crippen molar-refractivity contribution >= 4 is 21.9 Å². The Hall–Kier alpha value is -2.61. The lowest BCUT2D eigenvalue weighted by Crippen LogP contribution is -2.09. The van der Waals surface area contributed by atoms with Crippen LogP contribution in [0.1, 0.15) is 85.3 Å². The fraction of sp³-hybridized carbons (Fsp3) is 0.433. The second-order valence-corrected chi connectivity index (χ2v) is 9.57. The van der Waals surface area contributed by atoms with Gasteiger partial charge in [-0.2, -0.15) is 0 Å². The van der Waals surface area contributed by atoms with Crippen molar-refractivity contribution in [2.24, 2.45) is 5.92 Å². The van der Waals surface area contributed by atoms with Gasteiger partial charge >= 0.3 is 0 Å². The molecule has 2 fully saturated rings. The molecular weight excluding hydrogens is 390 g/mol. The van der Waals surface area contributed by atoms with Gasteiger partial charge in [-0.3, -0.25) is 4.98 Å². The van der Waals surface area contributed by atoms with Crippen molar-refractivity contribution in [3.05, 3.63) is 65.9 Å². The number of hydrogen-bond acceptors (Lipinski definition) is 2. The van der Waals surface area contributed by atoms with E-state index in [4.69, 9.17) is 8.53 Å². The van der Waals surface area contributed by atoms with E-state index < -0.39 is 12.3 Å². The highest BCUT2D eigenvalue weighted by molar-refractivity contribution is 6.09. The first-order valence-corrected chi connectivity index (χ1v) is 12.4. The van der Waals surface area contributed by atoms with Gasteiger partial charge in [0.05, 0.1) is 5.69 Å². The Labute approximate surface area is 195 Å². The number of nitrogens with zero attached hydrogens (tertiary/aromatic N) is 1. The summed E-state index contributed by atoms with van der Waals surface area (Å²) in [5.74, 6) is -0.460. The number of hydrogen-bond donors (Lipinski definition) is 0. The molecule has 2 aromatic carbocycles. The summed E-state index contributed by atoms with van der Waals surface area (Å²) in [7, 11) is 0. The number of benzene rings is 2. The molecule has 2 aliphatic carbocycles. The summed E-state index contributed by atoms with van der Waals surface area (Å²) < 4.78 is 33.3. The van der Waals surface area contributed by atoms with E-state index in [1.807, 2.05) is 24.3 Å². The standard InChI is InChI=1S/C30H33NO/c1-3-8-21(9-4-1)18-22-16-17-31-28(19-22)27-13-7-12-26-25-15-14-24(20-29(25)32-30(26)27)23-10-5-2-6-11-23/h7,12-17,19-21,23H,1-6,8-11,18H2/i18D2,23D. The van der Waals surface area contributed by atoms with Gasteiger partial charge < -0.3 is 4.42 Å². The SMILES string of the molecule is [2H]C1(c2ccc3c(c2)oc2c(-c4cc(C([2H])([2H])C5CCCCC5)ccn4)cccc23)CCCCC1. The number of para-hydroxylation sites is 1. The zero-order valence-corrected chi connectivity index (χ0v) is 18.7. The Bertz CT molecular complexity index is 1360. The van der Waals surface area contributed by atoms with Crippen molar-refractivity contribution < 1.29 is 8.53 Å². The summed E-state index contributed by atoms with van der Waals surface area (Å²) in [4.78, 5) is 4.63. The molecule has 4 aromatic rings. The molecule has 0 aliphatic heterocycles. The topological polar surface area (TPSA) is 26.0 Å². The normalized spacial score (nSPS) is 21.3. The Morgan fingerprint density at radius 1 is 0.875 bits per heavy atom. The molecule has 2 saturated carbocycles. The second kappa shape index (κ2) is 8.73. The lowest BCUT2D eigenvalue weighted by molar-refractivity contribution is 0.356. The minimum Gasteiger partial charge on any atom is -0.455 e. The van der Waals surface area contributed by atoms with Gasteiger partial charge in [-0.25, -0.2) is 0 Å². The van der Waals surface area contributed by atoms with E-state index in [1.54, 1.807) is 6.20 Å². The van der Waals surface area contributed by atoms with Crippen LogP contribution >= 0.6 is 0 Å². The summed E-state index contributed by atoms with van der Waals surface area (Å²) in [5.41, 5.74) is 4.99. The third-order valence-electron chi connectivity index (χ3n) is 7.38. The highest BCUT2D eigenvalue weighted by atomic mass is 16.3. The second-order valence-electron chi connectivity index (χ2n) is 9.57.